The summed E-state index contributed by atoms with van der Waals surface area (Å²) < 4.78 is 11.8. The monoisotopic (exact) mass is 516 g/mol. The fourth-order valence-electron chi connectivity index (χ4n) is 4.40. The van der Waals surface area contributed by atoms with Gasteiger partial charge in [0, 0.05) is 24.9 Å². The van der Waals surface area contributed by atoms with Gasteiger partial charge < -0.3 is 30.2 Å². The molecule has 200 valence electrons. The zero-order chi connectivity index (χ0) is 27.8. The summed E-state index contributed by atoms with van der Waals surface area (Å²) in [7, 11) is 2.14. The number of carbonyl (C=O) groups is 1. The van der Waals surface area contributed by atoms with Crippen molar-refractivity contribution in [2.45, 2.75) is 40.3 Å². The van der Waals surface area contributed by atoms with Crippen molar-refractivity contribution in [2.24, 2.45) is 0 Å². The molecule has 0 unspecified atom stereocenters. The Balaban J connectivity index is 1.93. The second-order valence-corrected chi connectivity index (χ2v) is 9.15. The lowest BCUT2D eigenvalue weighted by Crippen LogP contribution is -2.27. The molecule has 0 aliphatic carbocycles. The Labute approximate surface area is 224 Å². The number of aliphatic carboxylic acids is 1. The van der Waals surface area contributed by atoms with Crippen molar-refractivity contribution >= 4 is 23.6 Å². The van der Waals surface area contributed by atoms with E-state index in [2.05, 4.69) is 54.5 Å². The van der Waals surface area contributed by atoms with Gasteiger partial charge in [0.15, 0.2) is 0 Å². The molecule has 1 aromatic carbocycles. The Morgan fingerprint density at radius 3 is 2.68 bits per heavy atom. The normalized spacial score (nSPS) is 14.4. The zero-order valence-electron chi connectivity index (χ0n) is 22.6. The molecule has 0 spiro atoms. The Kier molecular flexibility index (Phi) is 9.62. The lowest BCUT2D eigenvalue weighted by molar-refractivity contribution is -0.132. The molecule has 0 amide bonds. The number of hydrogen-bond donors (Lipinski definition) is 3. The van der Waals surface area contributed by atoms with Crippen LogP contribution in [0.4, 0.5) is 5.82 Å². The van der Waals surface area contributed by atoms with Crippen LogP contribution in [0.5, 0.6) is 0 Å². The van der Waals surface area contributed by atoms with Crippen molar-refractivity contribution < 1.29 is 19.4 Å². The van der Waals surface area contributed by atoms with Crippen LogP contribution >= 0.6 is 0 Å². The summed E-state index contributed by atoms with van der Waals surface area (Å²) in [6, 6.07) is 9.60. The number of nitrogens with zero attached hydrogens (tertiary/aromatic N) is 2. The van der Waals surface area contributed by atoms with Crippen LogP contribution in [0.1, 0.15) is 41.8 Å². The van der Waals surface area contributed by atoms with Gasteiger partial charge in [-0.1, -0.05) is 37.4 Å². The first-order chi connectivity index (χ1) is 18.2. The molecular weight excluding hydrogens is 480 g/mol. The number of aromatic nitrogens is 1. The summed E-state index contributed by atoms with van der Waals surface area (Å²) in [4.78, 5) is 18.5. The number of fused-ring (bicyclic) bond motifs is 1. The van der Waals surface area contributed by atoms with Gasteiger partial charge in [-0.25, -0.2) is 9.78 Å². The smallest absolute Gasteiger partial charge is 0.342 e. The number of nitrogens with one attached hydrogen (secondary N) is 2. The number of anilines is 1. The van der Waals surface area contributed by atoms with E-state index in [1.165, 1.54) is 16.7 Å². The highest BCUT2D eigenvalue weighted by Gasteiger charge is 2.19. The molecule has 0 saturated heterocycles. The molecule has 1 aromatic heterocycles. The molecule has 2 heterocycles. The van der Waals surface area contributed by atoms with Gasteiger partial charge in [-0.05, 0) is 74.2 Å². The third kappa shape index (κ3) is 6.58. The average Bonchev–Trinajstić information content (AvgIpc) is 2.87. The summed E-state index contributed by atoms with van der Waals surface area (Å²) in [5.74, 6) is -0.411. The highest BCUT2D eigenvalue weighted by Crippen LogP contribution is 2.29. The van der Waals surface area contributed by atoms with E-state index in [1.54, 1.807) is 25.1 Å². The lowest BCUT2D eigenvalue weighted by Gasteiger charge is -2.27. The summed E-state index contributed by atoms with van der Waals surface area (Å²) in [6.07, 6.45) is 3.43. The third-order valence-electron chi connectivity index (χ3n) is 6.37. The van der Waals surface area contributed by atoms with E-state index in [1.807, 2.05) is 13.0 Å². The number of hydrogen-bond acceptors (Lipinski definition) is 7. The highest BCUT2D eigenvalue weighted by atomic mass is 16.5. The maximum Gasteiger partial charge on any atom is 0.342 e. The van der Waals surface area contributed by atoms with Crippen LogP contribution in [-0.2, 0) is 33.8 Å². The van der Waals surface area contributed by atoms with Crippen LogP contribution in [0.3, 0.4) is 0 Å². The second-order valence-electron chi connectivity index (χ2n) is 9.15. The molecule has 0 fully saturated rings. The Morgan fingerprint density at radius 2 is 2.05 bits per heavy atom. The van der Waals surface area contributed by atoms with Crippen LogP contribution in [0.2, 0.25) is 0 Å². The van der Waals surface area contributed by atoms with Crippen LogP contribution in [0, 0.1) is 12.3 Å². The van der Waals surface area contributed by atoms with Crippen molar-refractivity contribution in [3.63, 3.8) is 0 Å². The van der Waals surface area contributed by atoms with Crippen LogP contribution < -0.4 is 5.32 Å². The molecule has 8 heteroatoms. The van der Waals surface area contributed by atoms with E-state index in [0.29, 0.717) is 29.5 Å². The van der Waals surface area contributed by atoms with Crippen molar-refractivity contribution in [3.8, 4) is 0 Å². The molecule has 0 radical (unpaired) electrons. The molecule has 0 saturated carbocycles. The molecule has 2 aromatic rings. The lowest BCUT2D eigenvalue weighted by atomic mass is 9.92. The molecule has 38 heavy (non-hydrogen) atoms. The molecule has 1 aliphatic rings. The fraction of sp³-hybridized carbons (Fsp3) is 0.300. The van der Waals surface area contributed by atoms with Gasteiger partial charge in [-0.15, -0.1) is 0 Å². The molecule has 3 N–H and O–H groups in total. The number of ether oxygens (including phenoxy) is 2. The number of allylic oxidation sites excluding steroid dienone is 3. The molecule has 8 nitrogen and oxygen atoms in total. The average molecular weight is 517 g/mol. The minimum absolute atomic E-state index is 0.0609. The standard InChI is InChI=1S/C30H36N4O4/c1-7-23(26-10-9-11-27(32-26)33-29(37-8-2)25(16-31)30(35)36)28(19(3)4)38-18-22-13-12-21-17-34(6)15-14-24(21)20(22)5/h7,9-13,16,31H,1,3,8,14-15,17-18H2,2,4-6H3,(H,32,33)(H,35,36)/b28-23-,29-25-,31-16?. The summed E-state index contributed by atoms with van der Waals surface area (Å²) >= 11 is 0. The van der Waals surface area contributed by atoms with E-state index < -0.39 is 5.97 Å². The molecule has 0 atom stereocenters. The van der Waals surface area contributed by atoms with Gasteiger partial charge in [-0.2, -0.15) is 0 Å². The van der Waals surface area contributed by atoms with Crippen molar-refractivity contribution in [3.05, 3.63) is 100 Å². The summed E-state index contributed by atoms with van der Waals surface area (Å²) in [5, 5.41) is 19.7. The van der Waals surface area contributed by atoms with Gasteiger partial charge in [0.25, 0.3) is 0 Å². The first-order valence-corrected chi connectivity index (χ1v) is 12.5. The zero-order valence-corrected chi connectivity index (χ0v) is 22.6. The molecule has 0 bridgehead atoms. The van der Waals surface area contributed by atoms with Crippen molar-refractivity contribution in [2.75, 3.05) is 25.5 Å². The van der Waals surface area contributed by atoms with Gasteiger partial charge in [0.2, 0.25) is 5.88 Å². The molecular formula is C30H36N4O4. The summed E-state index contributed by atoms with van der Waals surface area (Å²) in [6.45, 7) is 16.4. The summed E-state index contributed by atoms with van der Waals surface area (Å²) in [5.41, 5.74) is 6.79. The third-order valence-corrected chi connectivity index (χ3v) is 6.37. The van der Waals surface area contributed by atoms with Crippen LogP contribution in [0.25, 0.3) is 5.57 Å². The number of rotatable bonds is 12. The quantitative estimate of drug-likeness (QED) is 0.149. The SMILES string of the molecule is C=C/C(=C(/OCc1ccc2c(c1C)CCN(C)C2)C(=C)C)c1cccc(N/C(OCC)=C(\C=N)C(=O)O)n1. The van der Waals surface area contributed by atoms with Crippen molar-refractivity contribution in [1.82, 2.24) is 9.88 Å². The minimum atomic E-state index is -1.28. The number of pyridine rings is 1. The van der Waals surface area contributed by atoms with Gasteiger partial charge >= 0.3 is 5.97 Å². The number of likely N-dealkylation sites (N-methyl/N-ethyl adjacent to an activating group) is 1. The van der Waals surface area contributed by atoms with E-state index in [4.69, 9.17) is 14.9 Å². The van der Waals surface area contributed by atoms with E-state index in [9.17, 15) is 9.90 Å². The van der Waals surface area contributed by atoms with Crippen molar-refractivity contribution in [1.29, 1.82) is 5.41 Å². The topological polar surface area (TPSA) is 108 Å². The predicted molar refractivity (Wildman–Crippen MR) is 151 cm³/mol. The fourth-order valence-corrected chi connectivity index (χ4v) is 4.40. The maximum absolute atomic E-state index is 11.5. The van der Waals surface area contributed by atoms with E-state index in [-0.39, 0.29) is 18.1 Å². The number of carboxylic acids is 1. The molecule has 3 rings (SSSR count). The minimum Gasteiger partial charge on any atom is -0.488 e. The Hall–Kier alpha value is -4.17. The second kappa shape index (κ2) is 12.9. The van der Waals surface area contributed by atoms with Gasteiger partial charge in [0.1, 0.15) is 23.8 Å². The number of carboxylic acid groups (broad SMARTS) is 1. The largest absolute Gasteiger partial charge is 0.488 e. The predicted octanol–water partition coefficient (Wildman–Crippen LogP) is 5.46. The van der Waals surface area contributed by atoms with Gasteiger partial charge in [-0.3, -0.25) is 0 Å². The van der Waals surface area contributed by atoms with Gasteiger partial charge in [0.05, 0.1) is 12.3 Å². The highest BCUT2D eigenvalue weighted by molar-refractivity contribution is 6.08. The molecule has 1 aliphatic heterocycles. The number of benzene rings is 1. The van der Waals surface area contributed by atoms with Crippen LogP contribution in [-0.4, -0.2) is 47.4 Å². The Morgan fingerprint density at radius 1 is 1.29 bits per heavy atom. The maximum atomic E-state index is 11.5. The Bertz CT molecular complexity index is 1310. The first kappa shape index (κ1) is 28.4. The first-order valence-electron chi connectivity index (χ1n) is 12.5. The van der Waals surface area contributed by atoms with E-state index >= 15 is 0 Å². The van der Waals surface area contributed by atoms with E-state index in [0.717, 1.165) is 36.9 Å². The van der Waals surface area contributed by atoms with Crippen LogP contribution in [0.15, 0.2) is 72.4 Å².